The molecule has 0 spiro atoms. The first-order valence-electron chi connectivity index (χ1n) is 13.4. The van der Waals surface area contributed by atoms with Crippen LogP contribution in [0.1, 0.15) is 52.0 Å². The smallest absolute Gasteiger partial charge is 0.452 e. The van der Waals surface area contributed by atoms with Crippen LogP contribution in [-0.2, 0) is 23.9 Å². The van der Waals surface area contributed by atoms with Gasteiger partial charge in [0.15, 0.2) is 0 Å². The van der Waals surface area contributed by atoms with Crippen LogP contribution in [0.5, 0.6) is 0 Å². The van der Waals surface area contributed by atoms with E-state index in [-0.39, 0.29) is 11.5 Å². The molecule has 0 heterocycles. The summed E-state index contributed by atoms with van der Waals surface area (Å²) >= 11 is 5.98. The van der Waals surface area contributed by atoms with Crippen molar-refractivity contribution in [2.75, 3.05) is 7.11 Å². The summed E-state index contributed by atoms with van der Waals surface area (Å²) in [4.78, 5) is 51.6. The van der Waals surface area contributed by atoms with Gasteiger partial charge < -0.3 is 20.7 Å². The summed E-state index contributed by atoms with van der Waals surface area (Å²) < 4.78 is 44.7. The number of amides is 3. The molecular formula is C30H37ClF3N3O5. The number of carbonyl (C=O) groups is 4. The van der Waals surface area contributed by atoms with Crippen molar-refractivity contribution in [3.8, 4) is 0 Å². The Hall–Kier alpha value is -3.60. The molecule has 1 unspecified atom stereocenters. The Morgan fingerprint density at radius 1 is 0.976 bits per heavy atom. The van der Waals surface area contributed by atoms with Gasteiger partial charge in [0.05, 0.1) is 19.1 Å². The molecule has 1 fully saturated rings. The maximum Gasteiger partial charge on any atom is 0.452 e. The first kappa shape index (κ1) is 34.6. The van der Waals surface area contributed by atoms with Crippen LogP contribution in [0, 0.1) is 11.8 Å². The van der Waals surface area contributed by atoms with Gasteiger partial charge in [0.1, 0.15) is 17.8 Å². The second kappa shape index (κ2) is 15.0. The first-order valence-corrected chi connectivity index (χ1v) is 13.8. The van der Waals surface area contributed by atoms with Crippen LogP contribution in [0.25, 0.3) is 0 Å². The summed E-state index contributed by atoms with van der Waals surface area (Å²) in [6.07, 6.45) is 0.929. The van der Waals surface area contributed by atoms with E-state index in [0.29, 0.717) is 10.8 Å². The van der Waals surface area contributed by atoms with Crippen molar-refractivity contribution in [1.29, 1.82) is 0 Å². The van der Waals surface area contributed by atoms with Gasteiger partial charge in [0.2, 0.25) is 17.7 Å². The molecule has 3 N–H and O–H groups in total. The molecule has 1 aliphatic rings. The Kier molecular flexibility index (Phi) is 12.4. The van der Waals surface area contributed by atoms with Crippen molar-refractivity contribution in [2.45, 2.75) is 70.8 Å². The van der Waals surface area contributed by atoms with Crippen LogP contribution >= 0.6 is 11.6 Å². The lowest BCUT2D eigenvalue weighted by molar-refractivity contribution is -0.175. The number of hydrogen-bond donors (Lipinski definition) is 3. The lowest BCUT2D eigenvalue weighted by atomic mass is 9.93. The number of hydrogen-bond acceptors (Lipinski definition) is 5. The van der Waals surface area contributed by atoms with E-state index in [4.69, 9.17) is 16.3 Å². The Labute approximate surface area is 248 Å². The zero-order valence-electron chi connectivity index (χ0n) is 24.2. The normalized spacial score (nSPS) is 16.8. The van der Waals surface area contributed by atoms with Gasteiger partial charge in [-0.2, -0.15) is 13.2 Å². The van der Waals surface area contributed by atoms with Crippen molar-refractivity contribution in [3.63, 3.8) is 0 Å². The highest BCUT2D eigenvalue weighted by atomic mass is 35.5. The third-order valence-electron chi connectivity index (χ3n) is 6.78. The third-order valence-corrected chi connectivity index (χ3v) is 7.04. The van der Waals surface area contributed by atoms with E-state index in [1.54, 1.807) is 37.3 Å². The topological polar surface area (TPSA) is 114 Å². The van der Waals surface area contributed by atoms with Crippen molar-refractivity contribution in [2.24, 2.45) is 11.8 Å². The van der Waals surface area contributed by atoms with Crippen molar-refractivity contribution >= 4 is 35.1 Å². The molecule has 3 amide bonds. The van der Waals surface area contributed by atoms with E-state index in [1.165, 1.54) is 40.0 Å². The highest BCUT2D eigenvalue weighted by molar-refractivity contribution is 6.30. The highest BCUT2D eigenvalue weighted by Crippen LogP contribution is 2.43. The number of rotatable bonds is 14. The van der Waals surface area contributed by atoms with Gasteiger partial charge >= 0.3 is 6.18 Å². The lowest BCUT2D eigenvalue weighted by Crippen LogP contribution is -2.57. The summed E-state index contributed by atoms with van der Waals surface area (Å²) in [5, 5.41) is 7.74. The van der Waals surface area contributed by atoms with E-state index in [0.717, 1.165) is 18.4 Å². The van der Waals surface area contributed by atoms with Crippen LogP contribution in [-0.4, -0.2) is 54.9 Å². The predicted octanol–water partition coefficient (Wildman–Crippen LogP) is 4.76. The summed E-state index contributed by atoms with van der Waals surface area (Å²) in [5.74, 6) is -5.31. The number of allylic oxidation sites excluding steroid dienone is 2. The van der Waals surface area contributed by atoms with E-state index in [2.05, 4.69) is 22.5 Å². The highest BCUT2D eigenvalue weighted by Gasteiger charge is 2.45. The van der Waals surface area contributed by atoms with Gasteiger partial charge in [-0.3, -0.25) is 19.2 Å². The fourth-order valence-electron chi connectivity index (χ4n) is 4.22. The summed E-state index contributed by atoms with van der Waals surface area (Å²) in [6, 6.07) is 2.26. The molecule has 0 radical (unpaired) electrons. The minimum Gasteiger partial charge on any atom is -0.497 e. The second-order valence-electron chi connectivity index (χ2n) is 10.4. The van der Waals surface area contributed by atoms with Gasteiger partial charge in [-0.1, -0.05) is 50.2 Å². The number of nitrogens with one attached hydrogen (secondary N) is 3. The molecule has 4 atom stereocenters. The first-order chi connectivity index (χ1) is 19.6. The molecular weight excluding hydrogens is 575 g/mol. The van der Waals surface area contributed by atoms with Crippen LogP contribution in [0.3, 0.4) is 0 Å². The zero-order valence-corrected chi connectivity index (χ0v) is 24.9. The van der Waals surface area contributed by atoms with Crippen LogP contribution in [0.2, 0.25) is 5.02 Å². The summed E-state index contributed by atoms with van der Waals surface area (Å²) in [5.41, 5.74) is 0.740. The van der Waals surface area contributed by atoms with Crippen LogP contribution < -0.4 is 16.0 Å². The number of Topliss-reactive ketones (excluding diaryl/α,β-unsaturated/α-hetero) is 1. The van der Waals surface area contributed by atoms with Gasteiger partial charge in [-0.15, -0.1) is 0 Å². The number of alkyl halides is 3. The molecule has 42 heavy (non-hydrogen) atoms. The summed E-state index contributed by atoms with van der Waals surface area (Å²) in [7, 11) is 1.41. The molecule has 0 aromatic heterocycles. The second-order valence-corrected chi connectivity index (χ2v) is 10.9. The minimum atomic E-state index is -5.18. The fourth-order valence-corrected chi connectivity index (χ4v) is 4.34. The molecule has 1 aromatic rings. The maximum absolute atomic E-state index is 13.2. The monoisotopic (exact) mass is 611 g/mol. The molecule has 2 rings (SSSR count). The Morgan fingerprint density at radius 2 is 1.57 bits per heavy atom. The average molecular weight is 612 g/mol. The molecule has 0 bridgehead atoms. The van der Waals surface area contributed by atoms with Crippen molar-refractivity contribution < 1.29 is 37.1 Å². The zero-order chi connectivity index (χ0) is 31.8. The van der Waals surface area contributed by atoms with E-state index in [9.17, 15) is 32.3 Å². The van der Waals surface area contributed by atoms with Crippen LogP contribution in [0.4, 0.5) is 13.2 Å². The number of ether oxygens (including phenoxy) is 1. The molecule has 1 saturated carbocycles. The lowest BCUT2D eigenvalue weighted by Gasteiger charge is -2.27. The Balaban J connectivity index is 2.26. The molecule has 1 aliphatic carbocycles. The number of benzene rings is 1. The molecule has 12 heteroatoms. The Bertz CT molecular complexity index is 1220. The average Bonchev–Trinajstić information content (AvgIpc) is 3.75. The van der Waals surface area contributed by atoms with Gasteiger partial charge in [-0.05, 0) is 73.9 Å². The number of carbonyl (C=O) groups excluding carboxylic acids is 4. The van der Waals surface area contributed by atoms with Gasteiger partial charge in [0.25, 0.3) is 5.78 Å². The SMILES string of the molecule is C=C(/C=C\C(=C/C)OC)[C@H](NC(=O)[C@H](C)NC(=O)C(c1ccc(Cl)cc1)C1CC1)C(=O)N[C@H](C(=O)C(F)(F)F)C(C)C. The number of methoxy groups -OCH3 is 1. The van der Waals surface area contributed by atoms with Crippen molar-refractivity contribution in [3.05, 3.63) is 71.0 Å². The molecule has 0 saturated heterocycles. The number of ketones is 1. The van der Waals surface area contributed by atoms with E-state index >= 15 is 0 Å². The maximum atomic E-state index is 13.2. The molecule has 8 nitrogen and oxygen atoms in total. The Morgan fingerprint density at radius 3 is 2.05 bits per heavy atom. The van der Waals surface area contributed by atoms with E-state index in [1.807, 2.05) is 0 Å². The predicted molar refractivity (Wildman–Crippen MR) is 153 cm³/mol. The quantitative estimate of drug-likeness (QED) is 0.207. The molecule has 0 aliphatic heterocycles. The van der Waals surface area contributed by atoms with E-state index < -0.39 is 59.6 Å². The minimum absolute atomic E-state index is 0.00485. The number of halogens is 4. The van der Waals surface area contributed by atoms with Crippen molar-refractivity contribution in [1.82, 2.24) is 16.0 Å². The van der Waals surface area contributed by atoms with Crippen LogP contribution in [0.15, 0.2) is 60.4 Å². The fraction of sp³-hybridized carbons (Fsp3) is 0.467. The molecule has 230 valence electrons. The van der Waals surface area contributed by atoms with Gasteiger partial charge in [-0.25, -0.2) is 0 Å². The summed E-state index contributed by atoms with van der Waals surface area (Å²) in [6.45, 7) is 9.60. The van der Waals surface area contributed by atoms with Gasteiger partial charge in [0, 0.05) is 5.02 Å². The molecule has 1 aromatic carbocycles. The third kappa shape index (κ3) is 9.75. The standard InChI is InChI=1S/C30H37ClF3N3O5/c1-7-22(42-6)15-8-17(4)25(29(41)36-24(16(2)3)26(38)30(32,33)34)37-27(39)18(5)35-28(40)23(19-9-10-19)20-11-13-21(31)14-12-20/h7-8,11-16,18-19,23-25H,4,9-10H2,1-3,5-6H3,(H,35,40)(H,36,41)(H,37,39)/b15-8-,22-7+/t18-,23?,24-,25-/m0/s1. The largest absolute Gasteiger partial charge is 0.497 e.